The summed E-state index contributed by atoms with van der Waals surface area (Å²) in [6.07, 6.45) is 0.421. The van der Waals surface area contributed by atoms with Gasteiger partial charge in [0.2, 0.25) is 5.91 Å². The van der Waals surface area contributed by atoms with Crippen LogP contribution >= 0.6 is 0 Å². The molecule has 0 saturated heterocycles. The molecule has 1 rings (SSSR count). The molecule has 0 saturated carbocycles. The maximum atomic E-state index is 11.2. The van der Waals surface area contributed by atoms with Crippen LogP contribution in [-0.4, -0.2) is 5.91 Å². The molecule has 0 aliphatic heterocycles. The van der Waals surface area contributed by atoms with Crippen LogP contribution in [0.1, 0.15) is 32.8 Å². The van der Waals surface area contributed by atoms with Crippen LogP contribution in [0.25, 0.3) is 0 Å². The summed E-state index contributed by atoms with van der Waals surface area (Å²) < 4.78 is 0. The number of hydrazine groups is 1. The molecule has 0 atom stereocenters. The third kappa shape index (κ3) is 4.13. The molecule has 0 bridgehead atoms. The third-order valence-electron chi connectivity index (χ3n) is 1.88. The van der Waals surface area contributed by atoms with E-state index in [9.17, 15) is 4.79 Å². The second kappa shape index (κ2) is 7.01. The van der Waals surface area contributed by atoms with Gasteiger partial charge in [-0.15, -0.1) is 0 Å². The fourth-order valence-electron chi connectivity index (χ4n) is 1.02. The molecule has 0 unspecified atom stereocenters. The van der Waals surface area contributed by atoms with Crippen molar-refractivity contribution in [3.05, 3.63) is 29.8 Å². The molecule has 3 heteroatoms. The van der Waals surface area contributed by atoms with Crippen LogP contribution < -0.4 is 10.9 Å². The molecule has 0 spiro atoms. The van der Waals surface area contributed by atoms with Crippen LogP contribution in [-0.2, 0) is 4.79 Å². The van der Waals surface area contributed by atoms with Gasteiger partial charge in [-0.3, -0.25) is 4.79 Å². The monoisotopic (exact) mass is 208 g/mol. The van der Waals surface area contributed by atoms with Crippen molar-refractivity contribution in [2.45, 2.75) is 34.1 Å². The van der Waals surface area contributed by atoms with Gasteiger partial charge in [-0.05, 0) is 19.1 Å². The number of aryl methyl sites for hydroxylation is 1. The fourth-order valence-corrected chi connectivity index (χ4v) is 1.02. The van der Waals surface area contributed by atoms with Gasteiger partial charge >= 0.3 is 0 Å². The van der Waals surface area contributed by atoms with Crippen LogP contribution in [0.4, 0.5) is 5.69 Å². The number of rotatable bonds is 2. The average molecular weight is 208 g/mol. The van der Waals surface area contributed by atoms with Gasteiger partial charge in [-0.25, -0.2) is 10.9 Å². The number of carbonyl (C=O) groups is 1. The Labute approximate surface area is 91.9 Å². The van der Waals surface area contributed by atoms with Crippen molar-refractivity contribution >= 4 is 11.6 Å². The first-order valence-corrected chi connectivity index (χ1v) is 5.29. The van der Waals surface area contributed by atoms with Gasteiger partial charge < -0.3 is 0 Å². The number of hydrogen-bond donors (Lipinski definition) is 1. The number of anilines is 1. The quantitative estimate of drug-likeness (QED) is 0.461. The Kier molecular flexibility index (Phi) is 6.38. The van der Waals surface area contributed by atoms with Crippen molar-refractivity contribution in [3.63, 3.8) is 0 Å². The summed E-state index contributed by atoms with van der Waals surface area (Å²) in [5.74, 6) is 5.50. The highest BCUT2D eigenvalue weighted by molar-refractivity contribution is 5.91. The number of benzene rings is 1. The van der Waals surface area contributed by atoms with E-state index in [4.69, 9.17) is 5.84 Å². The number of hydrogen-bond acceptors (Lipinski definition) is 2. The van der Waals surface area contributed by atoms with Gasteiger partial charge in [-0.1, -0.05) is 38.5 Å². The first-order valence-electron chi connectivity index (χ1n) is 5.29. The lowest BCUT2D eigenvalue weighted by molar-refractivity contribution is -0.118. The highest BCUT2D eigenvalue weighted by atomic mass is 16.2. The lowest BCUT2D eigenvalue weighted by Crippen LogP contribution is -2.36. The van der Waals surface area contributed by atoms with Crippen LogP contribution in [0.5, 0.6) is 0 Å². The van der Waals surface area contributed by atoms with Gasteiger partial charge in [0.25, 0.3) is 0 Å². The summed E-state index contributed by atoms with van der Waals surface area (Å²) in [6, 6.07) is 7.53. The lowest BCUT2D eigenvalue weighted by Gasteiger charge is -2.15. The summed E-state index contributed by atoms with van der Waals surface area (Å²) in [4.78, 5) is 11.2. The summed E-state index contributed by atoms with van der Waals surface area (Å²) in [5, 5.41) is 1.18. The zero-order valence-electron chi connectivity index (χ0n) is 9.95. The Bertz CT molecular complexity index is 293. The predicted octanol–water partition coefficient (Wildman–Crippen LogP) is 2.64. The van der Waals surface area contributed by atoms with Crippen LogP contribution in [0.15, 0.2) is 24.3 Å². The third-order valence-corrected chi connectivity index (χ3v) is 1.88. The molecule has 1 aromatic rings. The molecule has 0 aromatic heterocycles. The van der Waals surface area contributed by atoms with Gasteiger partial charge in [0.1, 0.15) is 0 Å². The Hall–Kier alpha value is -1.35. The van der Waals surface area contributed by atoms with Gasteiger partial charge in [-0.2, -0.15) is 0 Å². The molecule has 3 nitrogen and oxygen atoms in total. The predicted molar refractivity (Wildman–Crippen MR) is 64.5 cm³/mol. The molecule has 0 fully saturated rings. The minimum atomic E-state index is -0.0798. The second-order valence-corrected chi connectivity index (χ2v) is 2.95. The summed E-state index contributed by atoms with van der Waals surface area (Å²) in [6.45, 7) is 7.78. The fraction of sp³-hybridized carbons (Fsp3) is 0.417. The first kappa shape index (κ1) is 13.7. The first-order chi connectivity index (χ1) is 7.15. The van der Waals surface area contributed by atoms with E-state index in [2.05, 4.69) is 0 Å². The SMILES string of the molecule is CC.CCC(=O)N(N)c1ccc(C)cc1. The largest absolute Gasteiger partial charge is 0.273 e. The molecular weight excluding hydrogens is 188 g/mol. The highest BCUT2D eigenvalue weighted by Crippen LogP contribution is 2.12. The topological polar surface area (TPSA) is 46.3 Å². The molecular formula is C12H20N2O. The molecule has 2 N–H and O–H groups in total. The maximum Gasteiger partial charge on any atom is 0.240 e. The van der Waals surface area contributed by atoms with E-state index in [1.165, 1.54) is 5.01 Å². The minimum absolute atomic E-state index is 0.0798. The van der Waals surface area contributed by atoms with E-state index in [1.54, 1.807) is 6.92 Å². The molecule has 1 aromatic carbocycles. The highest BCUT2D eigenvalue weighted by Gasteiger charge is 2.07. The average Bonchev–Trinajstić information content (AvgIpc) is 2.31. The molecule has 84 valence electrons. The van der Waals surface area contributed by atoms with E-state index < -0.39 is 0 Å². The number of carbonyl (C=O) groups excluding carboxylic acids is 1. The number of nitrogens with two attached hydrogens (primary N) is 1. The summed E-state index contributed by atoms with van der Waals surface area (Å²) in [5.41, 5.74) is 1.89. The smallest absolute Gasteiger partial charge is 0.240 e. The van der Waals surface area contributed by atoms with Crippen molar-refractivity contribution in [3.8, 4) is 0 Å². The van der Waals surface area contributed by atoms with Gasteiger partial charge in [0.05, 0.1) is 5.69 Å². The van der Waals surface area contributed by atoms with Crippen molar-refractivity contribution in [2.24, 2.45) is 5.84 Å². The molecule has 0 aliphatic rings. The normalized spacial score (nSPS) is 8.87. The van der Waals surface area contributed by atoms with E-state index in [0.29, 0.717) is 6.42 Å². The second-order valence-electron chi connectivity index (χ2n) is 2.95. The Balaban J connectivity index is 0.000000921. The van der Waals surface area contributed by atoms with E-state index >= 15 is 0 Å². The van der Waals surface area contributed by atoms with Crippen LogP contribution in [0.2, 0.25) is 0 Å². The molecule has 0 aliphatic carbocycles. The minimum Gasteiger partial charge on any atom is -0.273 e. The molecule has 1 amide bonds. The maximum absolute atomic E-state index is 11.2. The Morgan fingerprint density at radius 1 is 1.27 bits per heavy atom. The van der Waals surface area contributed by atoms with Gasteiger partial charge in [0, 0.05) is 6.42 Å². The Morgan fingerprint density at radius 3 is 2.13 bits per heavy atom. The number of amides is 1. The molecule has 0 radical (unpaired) electrons. The zero-order chi connectivity index (χ0) is 11.8. The van der Waals surface area contributed by atoms with Crippen molar-refractivity contribution in [1.29, 1.82) is 0 Å². The molecule has 15 heavy (non-hydrogen) atoms. The van der Waals surface area contributed by atoms with E-state index in [-0.39, 0.29) is 5.91 Å². The summed E-state index contributed by atoms with van der Waals surface area (Å²) in [7, 11) is 0. The lowest BCUT2D eigenvalue weighted by atomic mass is 10.2. The Morgan fingerprint density at radius 2 is 1.73 bits per heavy atom. The molecule has 0 heterocycles. The van der Waals surface area contributed by atoms with Crippen molar-refractivity contribution < 1.29 is 4.79 Å². The standard InChI is InChI=1S/C10H14N2O.C2H6/c1-3-10(13)12(11)9-6-4-8(2)5-7-9;1-2/h4-7H,3,11H2,1-2H3;1-2H3. The van der Waals surface area contributed by atoms with Crippen LogP contribution in [0, 0.1) is 6.92 Å². The van der Waals surface area contributed by atoms with E-state index in [0.717, 1.165) is 11.3 Å². The zero-order valence-corrected chi connectivity index (χ0v) is 9.95. The van der Waals surface area contributed by atoms with Crippen molar-refractivity contribution in [2.75, 3.05) is 5.01 Å². The van der Waals surface area contributed by atoms with Crippen molar-refractivity contribution in [1.82, 2.24) is 0 Å². The summed E-state index contributed by atoms with van der Waals surface area (Å²) >= 11 is 0. The number of nitrogens with zero attached hydrogens (tertiary/aromatic N) is 1. The van der Waals surface area contributed by atoms with Crippen LogP contribution in [0.3, 0.4) is 0 Å². The van der Waals surface area contributed by atoms with E-state index in [1.807, 2.05) is 45.0 Å². The van der Waals surface area contributed by atoms with Gasteiger partial charge in [0.15, 0.2) is 0 Å².